The Morgan fingerprint density at radius 1 is 0.905 bits per heavy atom. The molecule has 0 bridgehead atoms. The Labute approximate surface area is 156 Å². The van der Waals surface area contributed by atoms with Gasteiger partial charge in [-0.3, -0.25) is 18.5 Å². The Balaban J connectivity index is 0. The average molecular weight is 383 g/mol. The van der Waals surface area contributed by atoms with E-state index in [0.29, 0.717) is 0 Å². The molecule has 0 heterocycles. The average Bonchev–Trinajstić information content (AvgIpc) is 3.19. The Bertz CT molecular complexity index is 303. The number of hydrogen-bond donors (Lipinski definition) is 0. The van der Waals surface area contributed by atoms with Crippen LogP contribution in [0.5, 0.6) is 0 Å². The van der Waals surface area contributed by atoms with Gasteiger partial charge in [-0.25, -0.2) is 23.3 Å². The van der Waals surface area contributed by atoms with E-state index in [-0.39, 0.29) is 26.2 Å². The molecule has 2 rings (SSSR count). The van der Waals surface area contributed by atoms with Crippen molar-refractivity contribution in [3.8, 4) is 0 Å². The van der Waals surface area contributed by atoms with E-state index in [9.17, 15) is 0 Å². The second-order valence-corrected chi connectivity index (χ2v) is 4.82. The largest absolute Gasteiger partial charge is 3.00 e. The molecule has 0 fully saturated rings. The molecule has 0 aromatic heterocycles. The maximum Gasteiger partial charge on any atom is 3.00 e. The minimum atomic E-state index is 0. The number of hydrogen-bond acceptors (Lipinski definition) is 0. The molecule has 21 heavy (non-hydrogen) atoms. The van der Waals surface area contributed by atoms with Crippen LogP contribution >= 0.6 is 11.6 Å². The third-order valence-corrected chi connectivity index (χ3v) is 3.13. The summed E-state index contributed by atoms with van der Waals surface area (Å²) in [7, 11) is 0. The first kappa shape index (κ1) is 23.4. The van der Waals surface area contributed by atoms with Crippen LogP contribution in [0.2, 0.25) is 0 Å². The normalized spacial score (nSPS) is 14.3. The van der Waals surface area contributed by atoms with E-state index < -0.39 is 0 Å². The first-order valence-electron chi connectivity index (χ1n) is 7.66. The molecule has 0 aromatic carbocycles. The summed E-state index contributed by atoms with van der Waals surface area (Å²) in [5, 5.41) is 0. The topological polar surface area (TPSA) is 0 Å². The Hall–Kier alpha value is 0.133. The standard InChI is InChI=1S/2C9H13.CH2Cl.Zr/c2*1-2-3-6-9-7-4-5-8-9;1-2;/h2*4,7H,2-3,5-6H2,1H3;1H2;/q3*-1;+3. The molecule has 0 spiro atoms. The van der Waals surface area contributed by atoms with Gasteiger partial charge in [0, 0.05) is 0 Å². The van der Waals surface area contributed by atoms with Crippen LogP contribution in [0.1, 0.15) is 65.2 Å². The van der Waals surface area contributed by atoms with Gasteiger partial charge in [0.1, 0.15) is 0 Å². The SMILES string of the molecule is CCCCC1=[C-]CC=C1.CCCCC1=[C-]CC=C1.[CH2-]Cl.[Zr+3]. The second kappa shape index (κ2) is 18.2. The fraction of sp³-hybridized carbons (Fsp3) is 0.526. The maximum atomic E-state index is 4.39. The molecule has 2 aliphatic carbocycles. The van der Waals surface area contributed by atoms with Crippen molar-refractivity contribution < 1.29 is 26.2 Å². The minimum Gasteiger partial charge on any atom is -0.352 e. The molecule has 0 aromatic rings. The summed E-state index contributed by atoms with van der Waals surface area (Å²) in [5.74, 6) is 0. The molecular weight excluding hydrogens is 355 g/mol. The molecule has 0 saturated heterocycles. The second-order valence-electron chi connectivity index (χ2n) is 4.82. The summed E-state index contributed by atoms with van der Waals surface area (Å²) in [6, 6.07) is 0. The van der Waals surface area contributed by atoms with Gasteiger partial charge in [0.05, 0.1) is 0 Å². The van der Waals surface area contributed by atoms with Gasteiger partial charge in [-0.1, -0.05) is 52.4 Å². The van der Waals surface area contributed by atoms with Gasteiger partial charge < -0.3 is 11.6 Å². The third kappa shape index (κ3) is 13.5. The summed E-state index contributed by atoms with van der Waals surface area (Å²) in [6.07, 6.45) is 27.8. The molecule has 1 radical (unpaired) electrons. The van der Waals surface area contributed by atoms with Crippen LogP contribution < -0.4 is 0 Å². The van der Waals surface area contributed by atoms with E-state index >= 15 is 0 Å². The number of allylic oxidation sites excluding steroid dienone is 8. The summed E-state index contributed by atoms with van der Waals surface area (Å²) in [6.45, 7) is 4.44. The van der Waals surface area contributed by atoms with Crippen molar-refractivity contribution in [1.82, 2.24) is 0 Å². The Morgan fingerprint density at radius 3 is 1.52 bits per heavy atom. The van der Waals surface area contributed by atoms with Gasteiger partial charge in [0.2, 0.25) is 0 Å². The van der Waals surface area contributed by atoms with Gasteiger partial charge in [0.25, 0.3) is 0 Å². The van der Waals surface area contributed by atoms with E-state index in [2.05, 4.69) is 68.3 Å². The Morgan fingerprint density at radius 2 is 1.29 bits per heavy atom. The first-order valence-corrected chi connectivity index (χ1v) is 8.19. The molecule has 0 amide bonds. The van der Waals surface area contributed by atoms with E-state index in [1.165, 1.54) is 49.7 Å². The van der Waals surface area contributed by atoms with E-state index in [0.717, 1.165) is 12.8 Å². The third-order valence-electron chi connectivity index (χ3n) is 3.13. The van der Waals surface area contributed by atoms with Crippen molar-refractivity contribution in [2.24, 2.45) is 0 Å². The van der Waals surface area contributed by atoms with Gasteiger partial charge in [-0.15, -0.1) is 12.8 Å². The molecule has 2 aliphatic rings. The monoisotopic (exact) mass is 381 g/mol. The van der Waals surface area contributed by atoms with Crippen molar-refractivity contribution in [2.75, 3.05) is 0 Å². The quantitative estimate of drug-likeness (QED) is 0.446. The zero-order chi connectivity index (χ0) is 15.1. The molecular formula is C19H28ClZr. The summed E-state index contributed by atoms with van der Waals surface area (Å²) in [5.41, 5.74) is 2.83. The molecule has 0 unspecified atom stereocenters. The van der Waals surface area contributed by atoms with Gasteiger partial charge >= 0.3 is 26.2 Å². The first-order chi connectivity index (χ1) is 9.86. The number of unbranched alkanes of at least 4 members (excludes halogenated alkanes) is 2. The molecule has 0 nitrogen and oxygen atoms in total. The molecule has 0 atom stereocenters. The van der Waals surface area contributed by atoms with E-state index in [4.69, 9.17) is 0 Å². The van der Waals surface area contributed by atoms with E-state index in [1.54, 1.807) is 0 Å². The van der Waals surface area contributed by atoms with Gasteiger partial charge in [-0.2, -0.15) is 12.2 Å². The van der Waals surface area contributed by atoms with Crippen LogP contribution in [-0.4, -0.2) is 0 Å². The predicted octanol–water partition coefficient (Wildman–Crippen LogP) is 6.75. The van der Waals surface area contributed by atoms with Crippen LogP contribution in [0.25, 0.3) is 0 Å². The zero-order valence-electron chi connectivity index (χ0n) is 13.6. The van der Waals surface area contributed by atoms with Crippen molar-refractivity contribution in [3.63, 3.8) is 0 Å². The zero-order valence-corrected chi connectivity index (χ0v) is 16.8. The molecule has 0 saturated carbocycles. The Kier molecular flexibility index (Phi) is 20.3. The fourth-order valence-electron chi connectivity index (χ4n) is 1.98. The van der Waals surface area contributed by atoms with Crippen LogP contribution in [0.4, 0.5) is 0 Å². The van der Waals surface area contributed by atoms with Crippen molar-refractivity contribution in [2.45, 2.75) is 65.2 Å². The summed E-state index contributed by atoms with van der Waals surface area (Å²) >= 11 is 4.39. The van der Waals surface area contributed by atoms with Gasteiger partial charge in [-0.05, 0) is 0 Å². The van der Waals surface area contributed by atoms with Crippen molar-refractivity contribution in [3.05, 3.63) is 54.0 Å². The number of rotatable bonds is 6. The smallest absolute Gasteiger partial charge is 0.352 e. The maximum absolute atomic E-state index is 4.39. The van der Waals surface area contributed by atoms with Crippen LogP contribution in [-0.2, 0) is 26.2 Å². The van der Waals surface area contributed by atoms with E-state index in [1.807, 2.05) is 0 Å². The van der Waals surface area contributed by atoms with Crippen molar-refractivity contribution >= 4 is 11.6 Å². The molecule has 115 valence electrons. The summed E-state index contributed by atoms with van der Waals surface area (Å²) in [4.78, 5) is 0. The van der Waals surface area contributed by atoms with Gasteiger partial charge in [0.15, 0.2) is 0 Å². The molecule has 0 N–H and O–H groups in total. The molecule has 0 aliphatic heterocycles. The fourth-order valence-corrected chi connectivity index (χ4v) is 1.98. The van der Waals surface area contributed by atoms with Crippen LogP contribution in [0, 0.1) is 18.5 Å². The van der Waals surface area contributed by atoms with Crippen LogP contribution in [0.15, 0.2) is 35.5 Å². The minimum absolute atomic E-state index is 0. The molecule has 2 heteroatoms. The van der Waals surface area contributed by atoms with Crippen molar-refractivity contribution in [1.29, 1.82) is 0 Å². The number of halogens is 1. The predicted molar refractivity (Wildman–Crippen MR) is 91.3 cm³/mol. The summed E-state index contributed by atoms with van der Waals surface area (Å²) < 4.78 is 0. The van der Waals surface area contributed by atoms with Crippen LogP contribution in [0.3, 0.4) is 0 Å².